The molecule has 1 rings (SSSR count). The fraction of sp³-hybridized carbons (Fsp3) is 1.00. The van der Waals surface area contributed by atoms with E-state index in [1.54, 1.807) is 0 Å². The molecule has 0 bridgehead atoms. The molecule has 1 N–H and O–H groups in total. The summed E-state index contributed by atoms with van der Waals surface area (Å²) in [5, 5.41) is 2.82. The molecular formula is C16H33NO2S. The van der Waals surface area contributed by atoms with Crippen molar-refractivity contribution in [3.63, 3.8) is 0 Å². The van der Waals surface area contributed by atoms with Crippen molar-refractivity contribution in [3.8, 4) is 0 Å². The summed E-state index contributed by atoms with van der Waals surface area (Å²) in [6, 6.07) is 0.127. The van der Waals surface area contributed by atoms with E-state index in [4.69, 9.17) is 0 Å². The lowest BCUT2D eigenvalue weighted by Crippen LogP contribution is -2.45. The summed E-state index contributed by atoms with van der Waals surface area (Å²) in [6.07, 6.45) is 11.7. The average molecular weight is 304 g/mol. The van der Waals surface area contributed by atoms with Gasteiger partial charge in [-0.1, -0.05) is 51.4 Å². The Kier molecular flexibility index (Phi) is 8.11. The van der Waals surface area contributed by atoms with Gasteiger partial charge in [0.15, 0.2) is 9.84 Å². The van der Waals surface area contributed by atoms with E-state index in [9.17, 15) is 8.42 Å². The SMILES string of the molecule is CNC1CCCCCCCCCCC1S(=O)(=O)C(C)C. The molecule has 4 heteroatoms. The Labute approximate surface area is 125 Å². The highest BCUT2D eigenvalue weighted by molar-refractivity contribution is 7.92. The first-order valence-electron chi connectivity index (χ1n) is 8.40. The van der Waals surface area contributed by atoms with Crippen molar-refractivity contribution in [3.05, 3.63) is 0 Å². The Bertz CT molecular complexity index is 351. The van der Waals surface area contributed by atoms with Gasteiger partial charge in [0.05, 0.1) is 10.5 Å². The second-order valence-corrected chi connectivity index (χ2v) is 9.20. The van der Waals surface area contributed by atoms with Crippen molar-refractivity contribution in [1.82, 2.24) is 5.32 Å². The lowest BCUT2D eigenvalue weighted by molar-refractivity contribution is 0.417. The fourth-order valence-electron chi connectivity index (χ4n) is 3.23. The van der Waals surface area contributed by atoms with E-state index in [1.165, 1.54) is 38.5 Å². The minimum atomic E-state index is -3.01. The number of nitrogens with one attached hydrogen (secondary N) is 1. The molecule has 0 aromatic rings. The first-order valence-corrected chi connectivity index (χ1v) is 10.0. The summed E-state index contributed by atoms with van der Waals surface area (Å²) < 4.78 is 25.3. The van der Waals surface area contributed by atoms with Crippen molar-refractivity contribution in [2.75, 3.05) is 7.05 Å². The van der Waals surface area contributed by atoms with E-state index >= 15 is 0 Å². The molecule has 1 saturated carbocycles. The summed E-state index contributed by atoms with van der Waals surface area (Å²) in [6.45, 7) is 3.64. The minimum absolute atomic E-state index is 0.127. The molecule has 0 radical (unpaired) electrons. The van der Waals surface area contributed by atoms with Crippen LogP contribution in [0.1, 0.15) is 78.1 Å². The second kappa shape index (κ2) is 9.04. The normalized spacial score (nSPS) is 27.8. The third-order valence-corrected chi connectivity index (χ3v) is 7.37. The van der Waals surface area contributed by atoms with Crippen LogP contribution >= 0.6 is 0 Å². The zero-order valence-corrected chi connectivity index (χ0v) is 14.3. The topological polar surface area (TPSA) is 46.2 Å². The molecule has 0 amide bonds. The molecule has 1 fully saturated rings. The molecule has 1 aliphatic rings. The molecule has 2 atom stereocenters. The molecule has 0 saturated heterocycles. The van der Waals surface area contributed by atoms with Gasteiger partial charge in [0.2, 0.25) is 0 Å². The quantitative estimate of drug-likeness (QED) is 0.865. The predicted octanol–water partition coefficient (Wildman–Crippen LogP) is 3.68. The minimum Gasteiger partial charge on any atom is -0.316 e. The highest BCUT2D eigenvalue weighted by Crippen LogP contribution is 2.24. The molecular weight excluding hydrogens is 270 g/mol. The van der Waals surface area contributed by atoms with Crippen LogP contribution in [0.25, 0.3) is 0 Å². The average Bonchev–Trinajstić information content (AvgIpc) is 2.38. The molecule has 0 aromatic heterocycles. The zero-order chi connectivity index (χ0) is 15.0. The summed E-state index contributed by atoms with van der Waals surface area (Å²) >= 11 is 0. The van der Waals surface area contributed by atoms with E-state index in [0.29, 0.717) is 0 Å². The second-order valence-electron chi connectivity index (χ2n) is 6.48. The lowest BCUT2D eigenvalue weighted by atomic mass is 9.97. The molecule has 2 unspecified atom stereocenters. The molecule has 0 aliphatic heterocycles. The van der Waals surface area contributed by atoms with Gasteiger partial charge >= 0.3 is 0 Å². The molecule has 0 aromatic carbocycles. The first kappa shape index (κ1) is 18.0. The lowest BCUT2D eigenvalue weighted by Gasteiger charge is -2.29. The van der Waals surface area contributed by atoms with Crippen molar-refractivity contribution < 1.29 is 8.42 Å². The van der Waals surface area contributed by atoms with E-state index in [1.807, 2.05) is 20.9 Å². The predicted molar refractivity (Wildman–Crippen MR) is 86.9 cm³/mol. The monoisotopic (exact) mass is 303 g/mol. The third-order valence-electron chi connectivity index (χ3n) is 4.65. The summed E-state index contributed by atoms with van der Waals surface area (Å²) in [7, 11) is -1.10. The van der Waals surface area contributed by atoms with Gasteiger partial charge in [-0.15, -0.1) is 0 Å². The van der Waals surface area contributed by atoms with E-state index in [2.05, 4.69) is 5.32 Å². The van der Waals surface area contributed by atoms with E-state index in [-0.39, 0.29) is 16.5 Å². The highest BCUT2D eigenvalue weighted by atomic mass is 32.2. The Balaban J connectivity index is 2.80. The van der Waals surface area contributed by atoms with Gasteiger partial charge < -0.3 is 5.32 Å². The van der Waals surface area contributed by atoms with Crippen molar-refractivity contribution in [2.24, 2.45) is 0 Å². The van der Waals surface area contributed by atoms with E-state index in [0.717, 1.165) is 25.7 Å². The Morgan fingerprint density at radius 2 is 1.30 bits per heavy atom. The summed E-state index contributed by atoms with van der Waals surface area (Å²) in [4.78, 5) is 0. The van der Waals surface area contributed by atoms with Gasteiger partial charge in [0, 0.05) is 6.04 Å². The van der Waals surface area contributed by atoms with Crippen LogP contribution in [0.3, 0.4) is 0 Å². The van der Waals surface area contributed by atoms with Crippen molar-refractivity contribution in [1.29, 1.82) is 0 Å². The first-order chi connectivity index (χ1) is 9.50. The molecule has 1 aliphatic carbocycles. The Morgan fingerprint density at radius 1 is 0.850 bits per heavy atom. The third kappa shape index (κ3) is 5.36. The van der Waals surface area contributed by atoms with Crippen LogP contribution in [-0.4, -0.2) is 32.0 Å². The van der Waals surface area contributed by atoms with Gasteiger partial charge in [-0.25, -0.2) is 8.42 Å². The molecule has 120 valence electrons. The zero-order valence-electron chi connectivity index (χ0n) is 13.5. The van der Waals surface area contributed by atoms with Crippen molar-refractivity contribution in [2.45, 2.75) is 94.6 Å². The van der Waals surface area contributed by atoms with Crippen LogP contribution in [0.5, 0.6) is 0 Å². The summed E-state index contributed by atoms with van der Waals surface area (Å²) in [5.74, 6) is 0. The van der Waals surface area contributed by atoms with E-state index < -0.39 is 9.84 Å². The Hall–Kier alpha value is -0.0900. The molecule has 0 spiro atoms. The maximum atomic E-state index is 12.6. The van der Waals surface area contributed by atoms with Crippen LogP contribution in [0.2, 0.25) is 0 Å². The van der Waals surface area contributed by atoms with Gasteiger partial charge in [-0.05, 0) is 33.7 Å². The maximum absolute atomic E-state index is 12.6. The molecule has 3 nitrogen and oxygen atoms in total. The van der Waals surface area contributed by atoms with Gasteiger partial charge in [-0.3, -0.25) is 0 Å². The molecule has 20 heavy (non-hydrogen) atoms. The van der Waals surface area contributed by atoms with Gasteiger partial charge in [0.1, 0.15) is 0 Å². The van der Waals surface area contributed by atoms with Crippen LogP contribution < -0.4 is 5.32 Å². The van der Waals surface area contributed by atoms with Crippen LogP contribution in [-0.2, 0) is 9.84 Å². The number of rotatable bonds is 3. The van der Waals surface area contributed by atoms with Gasteiger partial charge in [-0.2, -0.15) is 0 Å². The molecule has 0 heterocycles. The maximum Gasteiger partial charge on any atom is 0.156 e. The number of hydrogen-bond acceptors (Lipinski definition) is 3. The van der Waals surface area contributed by atoms with Gasteiger partial charge in [0.25, 0.3) is 0 Å². The summed E-state index contributed by atoms with van der Waals surface area (Å²) in [5.41, 5.74) is 0. The van der Waals surface area contributed by atoms with Crippen molar-refractivity contribution >= 4 is 9.84 Å². The standard InChI is InChI=1S/C16H33NO2S/c1-14(2)20(18,19)16-13-11-9-7-5-4-6-8-10-12-15(16)17-3/h14-17H,4-13H2,1-3H3. The highest BCUT2D eigenvalue weighted by Gasteiger charge is 2.34. The Morgan fingerprint density at radius 3 is 1.75 bits per heavy atom. The largest absolute Gasteiger partial charge is 0.316 e. The van der Waals surface area contributed by atoms with Crippen LogP contribution in [0, 0.1) is 0 Å². The van der Waals surface area contributed by atoms with Crippen LogP contribution in [0.4, 0.5) is 0 Å². The number of hydrogen-bond donors (Lipinski definition) is 1. The fourth-order valence-corrected chi connectivity index (χ4v) is 5.16. The number of sulfone groups is 1. The smallest absolute Gasteiger partial charge is 0.156 e. The van der Waals surface area contributed by atoms with Crippen LogP contribution in [0.15, 0.2) is 0 Å².